The third-order valence-electron chi connectivity index (χ3n) is 5.36. The first-order valence-electron chi connectivity index (χ1n) is 11.2. The van der Waals surface area contributed by atoms with Crippen LogP contribution in [0.4, 0.5) is 0 Å². The second-order valence-corrected chi connectivity index (χ2v) is 8.88. The van der Waals surface area contributed by atoms with Gasteiger partial charge in [0.05, 0.1) is 28.4 Å². The normalized spacial score (nSPS) is 10.9. The fourth-order valence-corrected chi connectivity index (χ4v) is 3.84. The van der Waals surface area contributed by atoms with Gasteiger partial charge in [0.1, 0.15) is 5.75 Å². The minimum Gasteiger partial charge on any atom is -0.422 e. The van der Waals surface area contributed by atoms with Gasteiger partial charge in [-0.2, -0.15) is 5.10 Å². The van der Waals surface area contributed by atoms with Crippen molar-refractivity contribution in [1.82, 2.24) is 10.7 Å². The van der Waals surface area contributed by atoms with E-state index < -0.39 is 17.8 Å². The number of halogens is 2. The van der Waals surface area contributed by atoms with Crippen LogP contribution in [0.1, 0.15) is 31.8 Å². The van der Waals surface area contributed by atoms with Crippen molar-refractivity contribution in [3.63, 3.8) is 0 Å². The van der Waals surface area contributed by atoms with E-state index in [-0.39, 0.29) is 22.9 Å². The van der Waals surface area contributed by atoms with Crippen molar-refractivity contribution < 1.29 is 19.1 Å². The van der Waals surface area contributed by atoms with E-state index in [2.05, 4.69) is 15.8 Å². The summed E-state index contributed by atoms with van der Waals surface area (Å²) in [7, 11) is 0. The number of nitrogens with one attached hydrogen (secondary N) is 2. The van der Waals surface area contributed by atoms with Crippen molar-refractivity contribution in [1.29, 1.82) is 0 Å². The molecule has 2 N–H and O–H groups in total. The first-order chi connectivity index (χ1) is 17.8. The molecule has 0 aromatic heterocycles. The maximum Gasteiger partial charge on any atom is 0.343 e. The van der Waals surface area contributed by atoms with Gasteiger partial charge in [-0.1, -0.05) is 71.2 Å². The van der Waals surface area contributed by atoms with Crippen LogP contribution in [0.5, 0.6) is 5.75 Å². The van der Waals surface area contributed by atoms with Crippen LogP contribution in [0.25, 0.3) is 10.8 Å². The Kier molecular flexibility index (Phi) is 8.18. The van der Waals surface area contributed by atoms with Crippen molar-refractivity contribution >= 4 is 58.0 Å². The zero-order chi connectivity index (χ0) is 26.4. The highest BCUT2D eigenvalue weighted by Crippen LogP contribution is 2.27. The number of hydrazone groups is 1. The molecule has 2 amide bonds. The number of hydrogen-bond donors (Lipinski definition) is 2. The average Bonchev–Trinajstić information content (AvgIpc) is 2.89. The molecule has 7 nitrogen and oxygen atoms in total. The van der Waals surface area contributed by atoms with Gasteiger partial charge in [-0.15, -0.1) is 0 Å². The number of esters is 1. The molecule has 0 unspecified atom stereocenters. The average molecular weight is 534 g/mol. The summed E-state index contributed by atoms with van der Waals surface area (Å²) >= 11 is 11.8. The number of rotatable bonds is 7. The van der Waals surface area contributed by atoms with Gasteiger partial charge < -0.3 is 10.1 Å². The van der Waals surface area contributed by atoms with Gasteiger partial charge in [0.2, 0.25) is 0 Å². The molecule has 9 heteroatoms. The van der Waals surface area contributed by atoms with Crippen LogP contribution in [0.3, 0.4) is 0 Å². The number of hydrogen-bond acceptors (Lipinski definition) is 5. The Balaban J connectivity index is 1.47. The van der Waals surface area contributed by atoms with E-state index in [9.17, 15) is 14.4 Å². The molecular formula is C28H21Cl2N3O4. The van der Waals surface area contributed by atoms with E-state index in [1.807, 2.05) is 43.3 Å². The summed E-state index contributed by atoms with van der Waals surface area (Å²) in [5, 5.41) is 8.74. The van der Waals surface area contributed by atoms with Crippen molar-refractivity contribution in [2.24, 2.45) is 5.10 Å². The largest absolute Gasteiger partial charge is 0.422 e. The van der Waals surface area contributed by atoms with E-state index in [0.29, 0.717) is 16.1 Å². The number of ether oxygens (including phenoxy) is 1. The zero-order valence-corrected chi connectivity index (χ0v) is 21.1. The van der Waals surface area contributed by atoms with Gasteiger partial charge in [0.15, 0.2) is 0 Å². The molecule has 0 aliphatic carbocycles. The molecule has 4 aromatic carbocycles. The van der Waals surface area contributed by atoms with Crippen LogP contribution in [-0.4, -0.2) is 30.5 Å². The number of benzene rings is 4. The molecule has 0 saturated heterocycles. The first kappa shape index (κ1) is 25.9. The second kappa shape index (κ2) is 11.7. The Labute approximate surface area is 223 Å². The highest BCUT2D eigenvalue weighted by molar-refractivity contribution is 6.42. The molecule has 0 fully saturated rings. The highest BCUT2D eigenvalue weighted by Gasteiger charge is 2.14. The van der Waals surface area contributed by atoms with E-state index in [4.69, 9.17) is 27.9 Å². The molecule has 4 rings (SSSR count). The summed E-state index contributed by atoms with van der Waals surface area (Å²) in [5.74, 6) is -1.26. The van der Waals surface area contributed by atoms with Crippen molar-refractivity contribution in [2.45, 2.75) is 6.92 Å². The molecule has 0 saturated carbocycles. The van der Waals surface area contributed by atoms with Gasteiger partial charge in [-0.05, 0) is 54.1 Å². The van der Waals surface area contributed by atoms with Crippen LogP contribution in [0, 0.1) is 6.92 Å². The Morgan fingerprint density at radius 1 is 0.892 bits per heavy atom. The highest BCUT2D eigenvalue weighted by atomic mass is 35.5. The van der Waals surface area contributed by atoms with Crippen molar-refractivity contribution in [3.05, 3.63) is 111 Å². The zero-order valence-electron chi connectivity index (χ0n) is 19.6. The molecule has 0 atom stereocenters. The first-order valence-corrected chi connectivity index (χ1v) is 11.9. The lowest BCUT2D eigenvalue weighted by atomic mass is 10.0. The van der Waals surface area contributed by atoms with Gasteiger partial charge in [0.25, 0.3) is 11.8 Å². The van der Waals surface area contributed by atoms with Gasteiger partial charge in [-0.25, -0.2) is 10.2 Å². The van der Waals surface area contributed by atoms with Crippen LogP contribution < -0.4 is 15.5 Å². The maximum atomic E-state index is 12.8. The summed E-state index contributed by atoms with van der Waals surface area (Å²) in [6.45, 7) is 1.57. The minimum absolute atomic E-state index is 0.234. The maximum absolute atomic E-state index is 12.8. The lowest BCUT2D eigenvalue weighted by Gasteiger charge is -2.11. The summed E-state index contributed by atoms with van der Waals surface area (Å²) in [6, 6.07) is 22.5. The van der Waals surface area contributed by atoms with Crippen molar-refractivity contribution in [2.75, 3.05) is 6.54 Å². The van der Waals surface area contributed by atoms with Gasteiger partial charge in [-0.3, -0.25) is 9.59 Å². The summed E-state index contributed by atoms with van der Waals surface area (Å²) in [4.78, 5) is 37.3. The summed E-state index contributed by atoms with van der Waals surface area (Å²) < 4.78 is 5.68. The lowest BCUT2D eigenvalue weighted by Crippen LogP contribution is -2.34. The van der Waals surface area contributed by atoms with E-state index in [1.165, 1.54) is 24.4 Å². The molecule has 0 aliphatic heterocycles. The Bertz CT molecular complexity index is 1540. The number of carbonyl (C=O) groups excluding carboxylic acids is 3. The Hall–Kier alpha value is -4.20. The molecule has 37 heavy (non-hydrogen) atoms. The smallest absolute Gasteiger partial charge is 0.343 e. The Morgan fingerprint density at radius 2 is 1.70 bits per heavy atom. The van der Waals surface area contributed by atoms with Crippen LogP contribution in [-0.2, 0) is 4.79 Å². The third kappa shape index (κ3) is 6.52. The SMILES string of the molecule is Cc1cccc(C(=O)Oc2ccc3ccccc3c2C=NNC(=O)CNC(=O)c2ccc(Cl)c(Cl)c2)c1. The molecular weight excluding hydrogens is 513 g/mol. The van der Waals surface area contributed by atoms with Gasteiger partial charge in [0, 0.05) is 11.1 Å². The Morgan fingerprint density at radius 3 is 2.49 bits per heavy atom. The van der Waals surface area contributed by atoms with E-state index in [1.54, 1.807) is 24.3 Å². The molecule has 0 radical (unpaired) electrons. The van der Waals surface area contributed by atoms with Crippen LogP contribution >= 0.6 is 23.2 Å². The summed E-state index contributed by atoms with van der Waals surface area (Å²) in [6.07, 6.45) is 1.40. The third-order valence-corrected chi connectivity index (χ3v) is 6.10. The number of nitrogens with zero attached hydrogens (tertiary/aromatic N) is 1. The molecule has 0 bridgehead atoms. The van der Waals surface area contributed by atoms with Crippen LogP contribution in [0.15, 0.2) is 84.0 Å². The minimum atomic E-state index is -0.553. The lowest BCUT2D eigenvalue weighted by molar-refractivity contribution is -0.120. The fourth-order valence-electron chi connectivity index (χ4n) is 3.54. The molecule has 4 aromatic rings. The molecule has 0 heterocycles. The number of aryl methyl sites for hydroxylation is 1. The monoisotopic (exact) mass is 533 g/mol. The van der Waals surface area contributed by atoms with E-state index >= 15 is 0 Å². The predicted octanol–water partition coefficient (Wildman–Crippen LogP) is 5.55. The second-order valence-electron chi connectivity index (χ2n) is 8.06. The quantitative estimate of drug-likeness (QED) is 0.141. The van der Waals surface area contributed by atoms with Crippen molar-refractivity contribution in [3.8, 4) is 5.75 Å². The topological polar surface area (TPSA) is 96.9 Å². The standard InChI is InChI=1S/C28H21Cl2N3O4/c1-17-5-4-7-20(13-17)28(36)37-25-12-10-18-6-2-3-8-21(18)22(25)15-32-33-26(34)16-31-27(35)19-9-11-23(29)24(30)14-19/h2-15H,16H2,1H3,(H,31,35)(H,33,34). The number of amides is 2. The predicted molar refractivity (Wildman–Crippen MR) is 145 cm³/mol. The number of carbonyl (C=O) groups is 3. The fraction of sp³-hybridized carbons (Fsp3) is 0.0714. The molecule has 186 valence electrons. The van der Waals surface area contributed by atoms with Gasteiger partial charge >= 0.3 is 5.97 Å². The van der Waals surface area contributed by atoms with Crippen LogP contribution in [0.2, 0.25) is 10.0 Å². The van der Waals surface area contributed by atoms with E-state index in [0.717, 1.165) is 16.3 Å². The molecule has 0 spiro atoms. The molecule has 0 aliphatic rings. The number of fused-ring (bicyclic) bond motifs is 1. The summed E-state index contributed by atoms with van der Waals surface area (Å²) in [5.41, 5.74) is 4.50.